The summed E-state index contributed by atoms with van der Waals surface area (Å²) in [4.78, 5) is 22.6. The predicted molar refractivity (Wildman–Crippen MR) is 60.8 cm³/mol. The molecule has 1 aliphatic carbocycles. The maximum Gasteiger partial charge on any atom is 0.305 e. The van der Waals surface area contributed by atoms with Crippen molar-refractivity contribution < 1.29 is 14.3 Å². The van der Waals surface area contributed by atoms with Gasteiger partial charge in [-0.25, -0.2) is 0 Å². The quantitative estimate of drug-likeness (QED) is 0.554. The van der Waals surface area contributed by atoms with Crippen LogP contribution in [0, 0.1) is 5.92 Å². The minimum Gasteiger partial charge on any atom is -0.466 e. The van der Waals surface area contributed by atoms with Crippen LogP contribution in [-0.2, 0) is 14.3 Å². The third-order valence-corrected chi connectivity index (χ3v) is 2.89. The van der Waals surface area contributed by atoms with Crippen molar-refractivity contribution in [2.45, 2.75) is 45.4 Å². The van der Waals surface area contributed by atoms with Crippen LogP contribution in [0.4, 0.5) is 0 Å². The first-order chi connectivity index (χ1) is 7.74. The molecule has 0 heterocycles. The summed E-state index contributed by atoms with van der Waals surface area (Å²) in [7, 11) is 0. The highest BCUT2D eigenvalue weighted by Gasteiger charge is 2.21. The summed E-state index contributed by atoms with van der Waals surface area (Å²) < 4.78 is 4.80. The van der Waals surface area contributed by atoms with Gasteiger partial charge in [0.25, 0.3) is 0 Å². The average Bonchev–Trinajstić information content (AvgIpc) is 2.78. The van der Waals surface area contributed by atoms with Crippen molar-refractivity contribution in [1.29, 1.82) is 0 Å². The van der Waals surface area contributed by atoms with E-state index in [-0.39, 0.29) is 17.8 Å². The van der Waals surface area contributed by atoms with Gasteiger partial charge >= 0.3 is 5.97 Å². The fourth-order valence-corrected chi connectivity index (χ4v) is 2.01. The van der Waals surface area contributed by atoms with Crippen LogP contribution in [0.15, 0.2) is 0 Å². The lowest BCUT2D eigenvalue weighted by molar-refractivity contribution is -0.143. The molecule has 0 aromatic heterocycles. The first-order valence-electron chi connectivity index (χ1n) is 6.17. The highest BCUT2D eigenvalue weighted by atomic mass is 16.5. The van der Waals surface area contributed by atoms with Crippen molar-refractivity contribution in [2.24, 2.45) is 5.92 Å². The number of hydrogen-bond donors (Lipinski definition) is 1. The second-order valence-electron chi connectivity index (χ2n) is 4.18. The van der Waals surface area contributed by atoms with Gasteiger partial charge in [0.2, 0.25) is 5.91 Å². The van der Waals surface area contributed by atoms with Crippen molar-refractivity contribution in [3.63, 3.8) is 0 Å². The van der Waals surface area contributed by atoms with Crippen LogP contribution >= 0.6 is 0 Å². The summed E-state index contributed by atoms with van der Waals surface area (Å²) in [5.41, 5.74) is 0. The fourth-order valence-electron chi connectivity index (χ4n) is 2.01. The molecule has 0 unspecified atom stereocenters. The zero-order valence-electron chi connectivity index (χ0n) is 9.96. The van der Waals surface area contributed by atoms with Gasteiger partial charge in [-0.2, -0.15) is 0 Å². The summed E-state index contributed by atoms with van der Waals surface area (Å²) in [5.74, 6) is 0.182. The lowest BCUT2D eigenvalue weighted by Gasteiger charge is -2.09. The third-order valence-electron chi connectivity index (χ3n) is 2.89. The number of carbonyl (C=O) groups excluding carboxylic acids is 2. The van der Waals surface area contributed by atoms with E-state index < -0.39 is 0 Å². The molecule has 92 valence electrons. The first kappa shape index (κ1) is 13.0. The van der Waals surface area contributed by atoms with Crippen molar-refractivity contribution in [3.05, 3.63) is 0 Å². The number of carbonyl (C=O) groups is 2. The number of rotatable bonds is 6. The first-order valence-corrected chi connectivity index (χ1v) is 6.17. The second kappa shape index (κ2) is 7.25. The Bertz CT molecular complexity index is 234. The molecule has 0 radical (unpaired) electrons. The molecule has 0 bridgehead atoms. The highest BCUT2D eigenvalue weighted by molar-refractivity contribution is 5.78. The lowest BCUT2D eigenvalue weighted by atomic mass is 10.1. The summed E-state index contributed by atoms with van der Waals surface area (Å²) >= 11 is 0. The zero-order valence-corrected chi connectivity index (χ0v) is 9.96. The smallest absolute Gasteiger partial charge is 0.305 e. The molecule has 0 aromatic rings. The molecule has 4 heteroatoms. The van der Waals surface area contributed by atoms with Crippen LogP contribution < -0.4 is 5.32 Å². The summed E-state index contributed by atoms with van der Waals surface area (Å²) in [6, 6.07) is 0. The number of nitrogens with one attached hydrogen (secondary N) is 1. The third kappa shape index (κ3) is 4.64. The Morgan fingerprint density at radius 3 is 2.62 bits per heavy atom. The van der Waals surface area contributed by atoms with E-state index in [9.17, 15) is 9.59 Å². The molecule has 1 saturated carbocycles. The van der Waals surface area contributed by atoms with E-state index in [2.05, 4.69) is 5.32 Å². The Hall–Kier alpha value is -1.06. The number of esters is 1. The maximum absolute atomic E-state index is 11.6. The van der Waals surface area contributed by atoms with Gasteiger partial charge in [-0.05, 0) is 26.2 Å². The molecule has 1 amide bonds. The Morgan fingerprint density at radius 2 is 2.00 bits per heavy atom. The van der Waals surface area contributed by atoms with Gasteiger partial charge in [0.15, 0.2) is 0 Å². The van der Waals surface area contributed by atoms with Gasteiger partial charge in [0.1, 0.15) is 0 Å². The van der Waals surface area contributed by atoms with E-state index >= 15 is 0 Å². The van der Waals surface area contributed by atoms with Gasteiger partial charge in [-0.15, -0.1) is 0 Å². The minimum atomic E-state index is -0.183. The van der Waals surface area contributed by atoms with E-state index in [1.165, 1.54) is 12.8 Å². The van der Waals surface area contributed by atoms with Crippen LogP contribution in [0.25, 0.3) is 0 Å². The summed E-state index contributed by atoms with van der Waals surface area (Å²) in [5, 5.41) is 2.88. The molecule has 0 saturated heterocycles. The normalized spacial score (nSPS) is 16.1. The number of amides is 1. The lowest BCUT2D eigenvalue weighted by Crippen LogP contribution is -2.30. The van der Waals surface area contributed by atoms with E-state index in [1.807, 2.05) is 0 Å². The van der Waals surface area contributed by atoms with E-state index in [0.717, 1.165) is 12.8 Å². The predicted octanol–water partition coefficient (Wildman–Crippen LogP) is 1.64. The van der Waals surface area contributed by atoms with Crippen LogP contribution in [0.2, 0.25) is 0 Å². The second-order valence-corrected chi connectivity index (χ2v) is 4.18. The van der Waals surface area contributed by atoms with Gasteiger partial charge in [0, 0.05) is 18.9 Å². The Balaban J connectivity index is 2.02. The molecule has 0 atom stereocenters. The Labute approximate surface area is 96.7 Å². The highest BCUT2D eigenvalue weighted by Crippen LogP contribution is 2.24. The maximum atomic E-state index is 11.6. The molecule has 4 nitrogen and oxygen atoms in total. The van der Waals surface area contributed by atoms with Crippen molar-refractivity contribution >= 4 is 11.9 Å². The molecule has 0 spiro atoms. The van der Waals surface area contributed by atoms with Gasteiger partial charge in [-0.3, -0.25) is 9.59 Å². The summed E-state index contributed by atoms with van der Waals surface area (Å²) in [6.45, 7) is 2.79. The van der Waals surface area contributed by atoms with E-state index in [4.69, 9.17) is 4.74 Å². The van der Waals surface area contributed by atoms with Crippen LogP contribution in [-0.4, -0.2) is 25.0 Å². The van der Waals surface area contributed by atoms with E-state index in [0.29, 0.717) is 26.0 Å². The standard InChI is InChI=1S/C12H21NO3/c1-2-16-11(14)8-5-9-13-12(15)10-6-3-4-7-10/h10H,2-9H2,1H3,(H,13,15). The Kier molecular flexibility index (Phi) is 5.90. The molecule has 1 rings (SSSR count). The van der Waals surface area contributed by atoms with Crippen molar-refractivity contribution in [3.8, 4) is 0 Å². The largest absolute Gasteiger partial charge is 0.466 e. The molecule has 0 aliphatic heterocycles. The summed E-state index contributed by atoms with van der Waals surface area (Å²) in [6.07, 6.45) is 5.42. The average molecular weight is 227 g/mol. The number of ether oxygens (including phenoxy) is 1. The minimum absolute atomic E-state index is 0.154. The molecule has 1 N–H and O–H groups in total. The van der Waals surface area contributed by atoms with Gasteiger partial charge in [-0.1, -0.05) is 12.8 Å². The fraction of sp³-hybridized carbons (Fsp3) is 0.833. The number of hydrogen-bond acceptors (Lipinski definition) is 3. The molecule has 0 aromatic carbocycles. The van der Waals surface area contributed by atoms with Gasteiger partial charge in [0.05, 0.1) is 6.61 Å². The molecule has 16 heavy (non-hydrogen) atoms. The zero-order chi connectivity index (χ0) is 11.8. The topological polar surface area (TPSA) is 55.4 Å². The SMILES string of the molecule is CCOC(=O)CCCNC(=O)C1CCCC1. The monoisotopic (exact) mass is 227 g/mol. The van der Waals surface area contributed by atoms with Crippen LogP contribution in [0.5, 0.6) is 0 Å². The molecule has 1 aliphatic rings. The van der Waals surface area contributed by atoms with Crippen LogP contribution in [0.1, 0.15) is 45.4 Å². The van der Waals surface area contributed by atoms with Crippen molar-refractivity contribution in [2.75, 3.05) is 13.2 Å². The molecule has 1 fully saturated rings. The van der Waals surface area contributed by atoms with Gasteiger partial charge < -0.3 is 10.1 Å². The van der Waals surface area contributed by atoms with Crippen LogP contribution in [0.3, 0.4) is 0 Å². The molecular formula is C12H21NO3. The Morgan fingerprint density at radius 1 is 1.31 bits per heavy atom. The van der Waals surface area contributed by atoms with E-state index in [1.54, 1.807) is 6.92 Å². The molecular weight excluding hydrogens is 206 g/mol. The van der Waals surface area contributed by atoms with Crippen molar-refractivity contribution in [1.82, 2.24) is 5.32 Å².